The largest absolute Gasteiger partial charge is 0.276 e. The molecular weight excluding hydrogens is 247 g/mol. The molecule has 1 aromatic carbocycles. The first-order valence-corrected chi connectivity index (χ1v) is 5.76. The van der Waals surface area contributed by atoms with E-state index in [1.165, 1.54) is 0 Å². The van der Waals surface area contributed by atoms with Crippen molar-refractivity contribution in [3.05, 3.63) is 34.9 Å². The van der Waals surface area contributed by atoms with E-state index in [-0.39, 0.29) is 11.1 Å². The van der Waals surface area contributed by atoms with E-state index in [4.69, 9.17) is 23.2 Å². The van der Waals surface area contributed by atoms with Crippen LogP contribution >= 0.6 is 23.2 Å². The van der Waals surface area contributed by atoms with Gasteiger partial charge in [-0.05, 0) is 53.2 Å². The van der Waals surface area contributed by atoms with Crippen molar-refractivity contribution in [2.45, 2.75) is 26.2 Å². The predicted molar refractivity (Wildman–Crippen MR) is 65.5 cm³/mol. The van der Waals surface area contributed by atoms with Gasteiger partial charge in [-0.1, -0.05) is 19.9 Å². The molecule has 0 radical (unpaired) electrons. The van der Waals surface area contributed by atoms with Gasteiger partial charge in [-0.2, -0.15) is 0 Å². The van der Waals surface area contributed by atoms with Crippen molar-refractivity contribution in [2.75, 3.05) is 0 Å². The average molecular weight is 259 g/mol. The topological polar surface area (TPSA) is 34.1 Å². The molecule has 0 aliphatic carbocycles. The van der Waals surface area contributed by atoms with E-state index < -0.39 is 10.5 Å². The maximum Gasteiger partial charge on any atom is 0.253 e. The fourth-order valence-corrected chi connectivity index (χ4v) is 1.76. The zero-order valence-corrected chi connectivity index (χ0v) is 10.6. The van der Waals surface area contributed by atoms with Gasteiger partial charge in [0, 0.05) is 11.1 Å². The molecule has 0 N–H and O–H groups in total. The highest BCUT2D eigenvalue weighted by atomic mass is 35.5. The lowest BCUT2D eigenvalue weighted by Gasteiger charge is -2.11. The molecule has 0 saturated carbocycles. The minimum absolute atomic E-state index is 0.161. The van der Waals surface area contributed by atoms with Gasteiger partial charge in [0.2, 0.25) is 0 Å². The van der Waals surface area contributed by atoms with Crippen LogP contribution in [0.5, 0.6) is 0 Å². The number of carbonyl (C=O) groups is 2. The van der Waals surface area contributed by atoms with Crippen molar-refractivity contribution in [3.8, 4) is 0 Å². The van der Waals surface area contributed by atoms with Crippen LogP contribution in [0, 0.1) is 0 Å². The molecule has 1 rings (SSSR count). The molecule has 0 saturated heterocycles. The first-order chi connectivity index (χ1) is 7.47. The molecule has 0 aliphatic rings. The van der Waals surface area contributed by atoms with E-state index >= 15 is 0 Å². The number of benzene rings is 1. The average Bonchev–Trinajstić information content (AvgIpc) is 2.26. The molecule has 0 bridgehead atoms. The summed E-state index contributed by atoms with van der Waals surface area (Å²) in [6, 6.07) is 4.98. The number of halogens is 2. The van der Waals surface area contributed by atoms with E-state index in [0.29, 0.717) is 5.92 Å². The number of hydrogen-bond acceptors (Lipinski definition) is 2. The van der Waals surface area contributed by atoms with Crippen LogP contribution < -0.4 is 0 Å². The van der Waals surface area contributed by atoms with Crippen molar-refractivity contribution < 1.29 is 9.59 Å². The Morgan fingerprint density at radius 3 is 2.19 bits per heavy atom. The number of carbonyl (C=O) groups excluding carboxylic acids is 2. The van der Waals surface area contributed by atoms with Gasteiger partial charge in [0.15, 0.2) is 0 Å². The standard InChI is InChI=1S/C12H12Cl2O2/c1-3-7(2)8-4-5-9(11(13)15)10(6-8)12(14)16/h4-7H,3H2,1-2H3. The van der Waals surface area contributed by atoms with Crippen LogP contribution in [0.1, 0.15) is 52.5 Å². The first kappa shape index (κ1) is 13.2. The number of hydrogen-bond donors (Lipinski definition) is 0. The molecule has 1 atom stereocenters. The maximum atomic E-state index is 11.2. The summed E-state index contributed by atoms with van der Waals surface area (Å²) in [6.45, 7) is 4.09. The molecule has 0 aliphatic heterocycles. The van der Waals surface area contributed by atoms with Crippen LogP contribution in [0.2, 0.25) is 0 Å². The van der Waals surface area contributed by atoms with E-state index in [2.05, 4.69) is 0 Å². The van der Waals surface area contributed by atoms with E-state index in [1.807, 2.05) is 13.8 Å². The second-order valence-corrected chi connectivity index (χ2v) is 4.35. The Bertz CT molecular complexity index is 427. The normalized spacial score (nSPS) is 12.2. The maximum absolute atomic E-state index is 11.2. The zero-order valence-electron chi connectivity index (χ0n) is 9.09. The summed E-state index contributed by atoms with van der Waals surface area (Å²) < 4.78 is 0. The summed E-state index contributed by atoms with van der Waals surface area (Å²) in [7, 11) is 0. The Balaban J connectivity index is 3.28. The number of rotatable bonds is 4. The summed E-state index contributed by atoms with van der Waals surface area (Å²) in [5, 5.41) is -1.33. The molecule has 0 spiro atoms. The molecule has 16 heavy (non-hydrogen) atoms. The van der Waals surface area contributed by atoms with Crippen molar-refractivity contribution in [3.63, 3.8) is 0 Å². The Kier molecular flexibility index (Phi) is 4.51. The highest BCUT2D eigenvalue weighted by Gasteiger charge is 2.16. The lowest BCUT2D eigenvalue weighted by atomic mass is 9.95. The second kappa shape index (κ2) is 5.46. The minimum Gasteiger partial charge on any atom is -0.276 e. The molecule has 1 aromatic rings. The molecule has 0 heterocycles. The molecule has 4 heteroatoms. The zero-order chi connectivity index (χ0) is 12.3. The smallest absolute Gasteiger partial charge is 0.253 e. The van der Waals surface area contributed by atoms with Gasteiger partial charge in [0.1, 0.15) is 0 Å². The lowest BCUT2D eigenvalue weighted by molar-refractivity contribution is 0.105. The SMILES string of the molecule is CCC(C)c1ccc(C(=O)Cl)c(C(=O)Cl)c1. The Labute approximate surface area is 105 Å². The van der Waals surface area contributed by atoms with Gasteiger partial charge < -0.3 is 0 Å². The highest BCUT2D eigenvalue weighted by molar-refractivity contribution is 6.71. The van der Waals surface area contributed by atoms with Crippen LogP contribution in [0.3, 0.4) is 0 Å². The Hall–Kier alpha value is -0.860. The summed E-state index contributed by atoms with van der Waals surface area (Å²) in [5.74, 6) is 0.314. The fourth-order valence-electron chi connectivity index (χ4n) is 1.44. The first-order valence-electron chi connectivity index (χ1n) is 5.01. The van der Waals surface area contributed by atoms with Gasteiger partial charge in [-0.3, -0.25) is 9.59 Å². The van der Waals surface area contributed by atoms with Crippen LogP contribution in [-0.2, 0) is 0 Å². The van der Waals surface area contributed by atoms with Crippen molar-refractivity contribution in [1.29, 1.82) is 0 Å². The van der Waals surface area contributed by atoms with E-state index in [1.54, 1.807) is 18.2 Å². The van der Waals surface area contributed by atoms with Crippen molar-refractivity contribution in [2.24, 2.45) is 0 Å². The van der Waals surface area contributed by atoms with Gasteiger partial charge >= 0.3 is 0 Å². The highest BCUT2D eigenvalue weighted by Crippen LogP contribution is 2.23. The summed E-state index contributed by atoms with van der Waals surface area (Å²) in [6.07, 6.45) is 0.948. The minimum atomic E-state index is -0.667. The second-order valence-electron chi connectivity index (χ2n) is 3.66. The molecular formula is C12H12Cl2O2. The third kappa shape index (κ3) is 2.83. The van der Waals surface area contributed by atoms with Crippen LogP contribution in [0.15, 0.2) is 18.2 Å². The summed E-state index contributed by atoms with van der Waals surface area (Å²) >= 11 is 10.8. The van der Waals surface area contributed by atoms with Crippen LogP contribution in [-0.4, -0.2) is 10.5 Å². The lowest BCUT2D eigenvalue weighted by Crippen LogP contribution is -2.03. The Morgan fingerprint density at radius 2 is 1.75 bits per heavy atom. The van der Waals surface area contributed by atoms with Gasteiger partial charge in [0.25, 0.3) is 10.5 Å². The van der Waals surface area contributed by atoms with Crippen LogP contribution in [0.4, 0.5) is 0 Å². The van der Waals surface area contributed by atoms with Crippen LogP contribution in [0.25, 0.3) is 0 Å². The quantitative estimate of drug-likeness (QED) is 0.767. The van der Waals surface area contributed by atoms with Crippen molar-refractivity contribution >= 4 is 33.7 Å². The predicted octanol–water partition coefficient (Wildman–Crippen LogP) is 3.96. The molecule has 1 unspecified atom stereocenters. The van der Waals surface area contributed by atoms with Gasteiger partial charge in [0.05, 0.1) is 0 Å². The molecule has 2 nitrogen and oxygen atoms in total. The fraction of sp³-hybridized carbons (Fsp3) is 0.333. The third-order valence-corrected chi connectivity index (χ3v) is 3.06. The molecule has 0 aromatic heterocycles. The molecule has 0 fully saturated rings. The summed E-state index contributed by atoms with van der Waals surface area (Å²) in [4.78, 5) is 22.3. The summed E-state index contributed by atoms with van der Waals surface area (Å²) in [5.41, 5.74) is 1.32. The van der Waals surface area contributed by atoms with Gasteiger partial charge in [-0.25, -0.2) is 0 Å². The monoisotopic (exact) mass is 258 g/mol. The van der Waals surface area contributed by atoms with E-state index in [0.717, 1.165) is 12.0 Å². The molecule has 0 amide bonds. The molecule has 86 valence electrons. The van der Waals surface area contributed by atoms with Crippen molar-refractivity contribution in [1.82, 2.24) is 0 Å². The third-order valence-electron chi connectivity index (χ3n) is 2.65. The Morgan fingerprint density at radius 1 is 1.19 bits per heavy atom. The van der Waals surface area contributed by atoms with Gasteiger partial charge in [-0.15, -0.1) is 0 Å². The van der Waals surface area contributed by atoms with E-state index in [9.17, 15) is 9.59 Å².